The molecule has 0 bridgehead atoms. The molecule has 8 heteroatoms. The molecule has 20 heavy (non-hydrogen) atoms. The number of rotatable bonds is 4. The first-order valence-corrected chi connectivity index (χ1v) is 6.61. The number of benzene rings is 1. The normalized spacial score (nSPS) is 12.7. The van der Waals surface area contributed by atoms with Crippen molar-refractivity contribution in [3.63, 3.8) is 0 Å². The fourth-order valence-electron chi connectivity index (χ4n) is 1.99. The first-order chi connectivity index (χ1) is 9.51. The smallest absolute Gasteiger partial charge is 0.194 e. The second kappa shape index (κ2) is 5.94. The Labute approximate surface area is 121 Å². The van der Waals surface area contributed by atoms with Gasteiger partial charge >= 0.3 is 0 Å². The van der Waals surface area contributed by atoms with Crippen LogP contribution in [0.2, 0.25) is 0 Å². The molecule has 0 radical (unpaired) electrons. The summed E-state index contributed by atoms with van der Waals surface area (Å²) in [6.45, 7) is 2.36. The summed E-state index contributed by atoms with van der Waals surface area (Å²) < 4.78 is 42.4. The van der Waals surface area contributed by atoms with Gasteiger partial charge in [-0.05, 0) is 28.9 Å². The van der Waals surface area contributed by atoms with Crippen LogP contribution >= 0.6 is 15.9 Å². The van der Waals surface area contributed by atoms with Crippen LogP contribution in [0.3, 0.4) is 0 Å². The molecule has 0 amide bonds. The fourth-order valence-corrected chi connectivity index (χ4v) is 2.52. The van der Waals surface area contributed by atoms with E-state index in [1.54, 1.807) is 4.68 Å². The standard InChI is InChI=1S/C12H12BrF3N4/c1-2-20-12(7(13)5-18-20)11(19-17)6-3-4-8(14)10(16)9(6)15/h3-5,11,19H,2,17H2,1H3. The van der Waals surface area contributed by atoms with E-state index in [0.717, 1.165) is 12.1 Å². The van der Waals surface area contributed by atoms with E-state index < -0.39 is 23.5 Å². The zero-order valence-electron chi connectivity index (χ0n) is 10.5. The molecule has 0 aliphatic heterocycles. The Balaban J connectivity index is 2.58. The van der Waals surface area contributed by atoms with Crippen LogP contribution in [0.4, 0.5) is 13.2 Å². The van der Waals surface area contributed by atoms with E-state index in [1.807, 2.05) is 6.92 Å². The van der Waals surface area contributed by atoms with E-state index in [-0.39, 0.29) is 5.56 Å². The number of nitrogens with two attached hydrogens (primary N) is 1. The number of hydrogen-bond acceptors (Lipinski definition) is 3. The summed E-state index contributed by atoms with van der Waals surface area (Å²) in [6, 6.07) is 1.15. The lowest BCUT2D eigenvalue weighted by Gasteiger charge is -2.19. The Morgan fingerprint density at radius 1 is 1.35 bits per heavy atom. The zero-order chi connectivity index (χ0) is 14.9. The average Bonchev–Trinajstić information content (AvgIpc) is 2.81. The summed E-state index contributed by atoms with van der Waals surface area (Å²) >= 11 is 3.29. The maximum atomic E-state index is 13.9. The quantitative estimate of drug-likeness (QED) is 0.507. The van der Waals surface area contributed by atoms with Crippen molar-refractivity contribution in [3.8, 4) is 0 Å². The second-order valence-electron chi connectivity index (χ2n) is 4.06. The third-order valence-electron chi connectivity index (χ3n) is 2.95. The minimum Gasteiger partial charge on any atom is -0.271 e. The van der Waals surface area contributed by atoms with E-state index in [0.29, 0.717) is 16.7 Å². The van der Waals surface area contributed by atoms with E-state index in [4.69, 9.17) is 5.84 Å². The molecule has 0 saturated carbocycles. The molecular formula is C12H12BrF3N4. The van der Waals surface area contributed by atoms with Crippen molar-refractivity contribution in [2.24, 2.45) is 5.84 Å². The highest BCUT2D eigenvalue weighted by Gasteiger charge is 2.26. The molecular weight excluding hydrogens is 337 g/mol. The van der Waals surface area contributed by atoms with Gasteiger partial charge in [-0.3, -0.25) is 10.5 Å². The third kappa shape index (κ3) is 2.46. The predicted octanol–water partition coefficient (Wildman–Crippen LogP) is 2.64. The SMILES string of the molecule is CCn1ncc(Br)c1C(NN)c1ccc(F)c(F)c1F. The lowest BCUT2D eigenvalue weighted by atomic mass is 10.0. The molecule has 3 N–H and O–H groups in total. The number of aromatic nitrogens is 2. The Kier molecular flexibility index (Phi) is 4.46. The number of halogens is 4. The molecule has 0 saturated heterocycles. The Hall–Kier alpha value is -1.38. The highest BCUT2D eigenvalue weighted by atomic mass is 79.9. The van der Waals surface area contributed by atoms with Gasteiger partial charge in [-0.1, -0.05) is 6.07 Å². The van der Waals surface area contributed by atoms with Gasteiger partial charge in [-0.2, -0.15) is 5.10 Å². The number of hydrogen-bond donors (Lipinski definition) is 2. The van der Waals surface area contributed by atoms with Gasteiger partial charge in [-0.25, -0.2) is 18.6 Å². The summed E-state index contributed by atoms with van der Waals surface area (Å²) in [5.41, 5.74) is 2.84. The molecule has 0 fully saturated rings. The molecule has 1 aromatic heterocycles. The molecule has 1 atom stereocenters. The van der Waals surface area contributed by atoms with E-state index in [9.17, 15) is 13.2 Å². The minimum atomic E-state index is -1.53. The monoisotopic (exact) mass is 348 g/mol. The molecule has 2 rings (SSSR count). The van der Waals surface area contributed by atoms with Gasteiger partial charge in [-0.15, -0.1) is 0 Å². The van der Waals surface area contributed by atoms with Crippen LogP contribution in [0.25, 0.3) is 0 Å². The van der Waals surface area contributed by atoms with Crippen molar-refractivity contribution in [3.05, 3.63) is 51.5 Å². The lowest BCUT2D eigenvalue weighted by Crippen LogP contribution is -2.32. The van der Waals surface area contributed by atoms with Crippen LogP contribution in [-0.2, 0) is 6.54 Å². The Bertz CT molecular complexity index is 629. The molecule has 0 aliphatic rings. The molecule has 108 valence electrons. The van der Waals surface area contributed by atoms with Gasteiger partial charge in [0.05, 0.1) is 22.4 Å². The zero-order valence-corrected chi connectivity index (χ0v) is 12.1. The van der Waals surface area contributed by atoms with E-state index >= 15 is 0 Å². The average molecular weight is 349 g/mol. The molecule has 0 spiro atoms. The first-order valence-electron chi connectivity index (χ1n) is 5.82. The predicted molar refractivity (Wildman–Crippen MR) is 71.1 cm³/mol. The number of nitrogens with one attached hydrogen (secondary N) is 1. The first kappa shape index (κ1) is 15.0. The van der Waals surface area contributed by atoms with Gasteiger partial charge in [0, 0.05) is 12.1 Å². The van der Waals surface area contributed by atoms with Gasteiger partial charge in [0.15, 0.2) is 17.5 Å². The summed E-state index contributed by atoms with van der Waals surface area (Å²) in [5, 5.41) is 4.08. The third-order valence-corrected chi connectivity index (χ3v) is 3.56. The van der Waals surface area contributed by atoms with E-state index in [1.165, 1.54) is 6.20 Å². The summed E-state index contributed by atoms with van der Waals surface area (Å²) in [4.78, 5) is 0. The maximum absolute atomic E-state index is 13.9. The van der Waals surface area contributed by atoms with Crippen LogP contribution in [0.15, 0.2) is 22.8 Å². The summed E-state index contributed by atoms with van der Waals surface area (Å²) in [7, 11) is 0. The fraction of sp³-hybridized carbons (Fsp3) is 0.250. The van der Waals surface area contributed by atoms with Gasteiger partial charge < -0.3 is 0 Å². The largest absolute Gasteiger partial charge is 0.271 e. The lowest BCUT2D eigenvalue weighted by molar-refractivity contribution is 0.429. The van der Waals surface area contributed by atoms with Crippen molar-refractivity contribution < 1.29 is 13.2 Å². The summed E-state index contributed by atoms with van der Waals surface area (Å²) in [6.07, 6.45) is 1.53. The molecule has 2 aromatic rings. The topological polar surface area (TPSA) is 55.9 Å². The van der Waals surface area contributed by atoms with E-state index in [2.05, 4.69) is 26.5 Å². The molecule has 1 heterocycles. The maximum Gasteiger partial charge on any atom is 0.194 e. The second-order valence-corrected chi connectivity index (χ2v) is 4.91. The number of nitrogens with zero attached hydrogens (tertiary/aromatic N) is 2. The van der Waals surface area contributed by atoms with Gasteiger partial charge in [0.25, 0.3) is 0 Å². The van der Waals surface area contributed by atoms with Crippen LogP contribution in [0.1, 0.15) is 24.2 Å². The highest BCUT2D eigenvalue weighted by molar-refractivity contribution is 9.10. The molecule has 1 aromatic carbocycles. The van der Waals surface area contributed by atoms with Crippen molar-refractivity contribution in [1.29, 1.82) is 0 Å². The molecule has 4 nitrogen and oxygen atoms in total. The van der Waals surface area contributed by atoms with Crippen LogP contribution in [0, 0.1) is 17.5 Å². The van der Waals surface area contributed by atoms with Crippen LogP contribution in [-0.4, -0.2) is 9.78 Å². The molecule has 1 unspecified atom stereocenters. The number of aryl methyl sites for hydroxylation is 1. The Morgan fingerprint density at radius 3 is 2.65 bits per heavy atom. The Morgan fingerprint density at radius 2 is 2.05 bits per heavy atom. The minimum absolute atomic E-state index is 0.0951. The van der Waals surface area contributed by atoms with Crippen molar-refractivity contribution >= 4 is 15.9 Å². The van der Waals surface area contributed by atoms with Gasteiger partial charge in [0.1, 0.15) is 0 Å². The van der Waals surface area contributed by atoms with Gasteiger partial charge in [0.2, 0.25) is 0 Å². The van der Waals surface area contributed by atoms with Crippen molar-refractivity contribution in [2.45, 2.75) is 19.5 Å². The summed E-state index contributed by atoms with van der Waals surface area (Å²) in [5.74, 6) is 1.40. The van der Waals surface area contributed by atoms with Crippen molar-refractivity contribution in [2.75, 3.05) is 0 Å². The van der Waals surface area contributed by atoms with Crippen LogP contribution in [0.5, 0.6) is 0 Å². The highest BCUT2D eigenvalue weighted by Crippen LogP contribution is 2.30. The van der Waals surface area contributed by atoms with Crippen molar-refractivity contribution in [1.82, 2.24) is 15.2 Å². The number of hydrazine groups is 1. The van der Waals surface area contributed by atoms with Crippen LogP contribution < -0.4 is 11.3 Å². The molecule has 0 aliphatic carbocycles.